The van der Waals surface area contributed by atoms with Crippen LogP contribution in [0.4, 0.5) is 0 Å². The van der Waals surface area contributed by atoms with Gasteiger partial charge in [-0.2, -0.15) is 0 Å². The second kappa shape index (κ2) is 6.68. The second-order valence-electron chi connectivity index (χ2n) is 4.99. The number of benzene rings is 1. The van der Waals surface area contributed by atoms with E-state index < -0.39 is 5.97 Å². The molecule has 0 spiro atoms. The first-order chi connectivity index (χ1) is 9.56. The number of carboxylic acids is 1. The second-order valence-corrected chi connectivity index (χ2v) is 5.97. The van der Waals surface area contributed by atoms with Crippen LogP contribution in [0.5, 0.6) is 0 Å². The smallest absolute Gasteiger partial charge is 0.307 e. The molecule has 2 aromatic rings. The van der Waals surface area contributed by atoms with Crippen LogP contribution in [-0.4, -0.2) is 23.0 Å². The van der Waals surface area contributed by atoms with E-state index in [0.717, 1.165) is 12.1 Å². The molecule has 3 nitrogen and oxygen atoms in total. The van der Waals surface area contributed by atoms with Crippen molar-refractivity contribution in [1.82, 2.24) is 4.90 Å². The van der Waals surface area contributed by atoms with Gasteiger partial charge < -0.3 is 5.11 Å². The molecule has 1 unspecified atom stereocenters. The molecule has 0 aliphatic rings. The maximum absolute atomic E-state index is 10.6. The van der Waals surface area contributed by atoms with E-state index in [1.807, 2.05) is 24.3 Å². The van der Waals surface area contributed by atoms with Crippen LogP contribution in [0.1, 0.15) is 29.0 Å². The Kier molecular flexibility index (Phi) is 4.93. The summed E-state index contributed by atoms with van der Waals surface area (Å²) in [4.78, 5) is 14.3. The number of nitrogens with zero attached hydrogens (tertiary/aromatic N) is 1. The normalized spacial score (nSPS) is 12.6. The Labute approximate surface area is 123 Å². The van der Waals surface area contributed by atoms with Crippen molar-refractivity contribution >= 4 is 17.3 Å². The Balaban J connectivity index is 1.97. The van der Waals surface area contributed by atoms with Gasteiger partial charge in [0, 0.05) is 17.5 Å². The molecule has 106 valence electrons. The Morgan fingerprint density at radius 3 is 2.45 bits per heavy atom. The van der Waals surface area contributed by atoms with Crippen molar-refractivity contribution < 1.29 is 9.90 Å². The van der Waals surface area contributed by atoms with Gasteiger partial charge in [0.15, 0.2) is 0 Å². The van der Waals surface area contributed by atoms with Gasteiger partial charge in [0.25, 0.3) is 0 Å². The highest BCUT2D eigenvalue weighted by Crippen LogP contribution is 2.24. The molecule has 2 rings (SSSR count). The zero-order valence-electron chi connectivity index (χ0n) is 11.7. The Hall–Kier alpha value is -1.65. The monoisotopic (exact) mass is 289 g/mol. The highest BCUT2D eigenvalue weighted by Gasteiger charge is 2.12. The minimum Gasteiger partial charge on any atom is -0.481 e. The topological polar surface area (TPSA) is 40.5 Å². The van der Waals surface area contributed by atoms with Crippen LogP contribution >= 0.6 is 11.3 Å². The van der Waals surface area contributed by atoms with Crippen LogP contribution in [0.25, 0.3) is 0 Å². The number of carbonyl (C=O) groups is 1. The molecule has 1 aromatic carbocycles. The zero-order chi connectivity index (χ0) is 14.5. The summed E-state index contributed by atoms with van der Waals surface area (Å²) < 4.78 is 0. The van der Waals surface area contributed by atoms with Gasteiger partial charge in [-0.25, -0.2) is 0 Å². The minimum absolute atomic E-state index is 0.0850. The van der Waals surface area contributed by atoms with Crippen molar-refractivity contribution in [1.29, 1.82) is 0 Å². The van der Waals surface area contributed by atoms with Crippen molar-refractivity contribution in [3.05, 3.63) is 57.8 Å². The number of hydrogen-bond acceptors (Lipinski definition) is 3. The van der Waals surface area contributed by atoms with Crippen LogP contribution in [-0.2, 0) is 17.8 Å². The van der Waals surface area contributed by atoms with E-state index >= 15 is 0 Å². The van der Waals surface area contributed by atoms with Crippen molar-refractivity contribution in [2.75, 3.05) is 7.05 Å². The van der Waals surface area contributed by atoms with Gasteiger partial charge in [-0.15, -0.1) is 11.3 Å². The Morgan fingerprint density at radius 2 is 1.90 bits per heavy atom. The third-order valence-corrected chi connectivity index (χ3v) is 4.47. The summed E-state index contributed by atoms with van der Waals surface area (Å²) in [5, 5.41) is 10.9. The van der Waals surface area contributed by atoms with E-state index in [1.54, 1.807) is 11.3 Å². The molecule has 0 amide bonds. The van der Waals surface area contributed by atoms with Gasteiger partial charge in [-0.3, -0.25) is 9.69 Å². The highest BCUT2D eigenvalue weighted by molar-refractivity contribution is 7.10. The molecule has 0 radical (unpaired) electrons. The number of hydrogen-bond donors (Lipinski definition) is 1. The summed E-state index contributed by atoms with van der Waals surface area (Å²) in [7, 11) is 2.11. The van der Waals surface area contributed by atoms with Gasteiger partial charge in [0.2, 0.25) is 0 Å². The Morgan fingerprint density at radius 1 is 1.25 bits per heavy atom. The molecule has 0 fully saturated rings. The number of aliphatic carboxylic acids is 1. The van der Waals surface area contributed by atoms with Gasteiger partial charge in [-0.1, -0.05) is 30.3 Å². The van der Waals surface area contributed by atoms with E-state index in [-0.39, 0.29) is 6.42 Å². The SMILES string of the molecule is CC(c1cccs1)N(C)Cc1ccc(CC(=O)O)cc1. The molecule has 1 aromatic heterocycles. The summed E-state index contributed by atoms with van der Waals surface area (Å²) in [6.45, 7) is 3.05. The van der Waals surface area contributed by atoms with Crippen LogP contribution < -0.4 is 0 Å². The lowest BCUT2D eigenvalue weighted by Gasteiger charge is -2.23. The predicted molar refractivity (Wildman–Crippen MR) is 82.0 cm³/mol. The fourth-order valence-electron chi connectivity index (χ4n) is 2.11. The summed E-state index contributed by atoms with van der Waals surface area (Å²) in [6.07, 6.45) is 0.0850. The van der Waals surface area contributed by atoms with Gasteiger partial charge in [0.05, 0.1) is 6.42 Å². The van der Waals surface area contributed by atoms with Crippen LogP contribution in [0, 0.1) is 0 Å². The number of carboxylic acid groups (broad SMARTS) is 1. The summed E-state index contributed by atoms with van der Waals surface area (Å²) >= 11 is 1.77. The lowest BCUT2D eigenvalue weighted by Crippen LogP contribution is -2.21. The molecule has 1 N–H and O–H groups in total. The molecular formula is C16H19NO2S. The molecule has 1 atom stereocenters. The lowest BCUT2D eigenvalue weighted by molar-refractivity contribution is -0.136. The van der Waals surface area contributed by atoms with Crippen LogP contribution in [0.2, 0.25) is 0 Å². The maximum Gasteiger partial charge on any atom is 0.307 e. The highest BCUT2D eigenvalue weighted by atomic mass is 32.1. The van der Waals surface area contributed by atoms with Gasteiger partial charge in [0.1, 0.15) is 0 Å². The minimum atomic E-state index is -0.791. The molecule has 20 heavy (non-hydrogen) atoms. The summed E-state index contributed by atoms with van der Waals surface area (Å²) in [5.74, 6) is -0.791. The van der Waals surface area contributed by atoms with Crippen molar-refractivity contribution in [2.45, 2.75) is 25.9 Å². The predicted octanol–water partition coefficient (Wildman–Crippen LogP) is 3.57. The van der Waals surface area contributed by atoms with E-state index in [0.29, 0.717) is 6.04 Å². The Bertz CT molecular complexity index is 548. The molecule has 0 saturated carbocycles. The van der Waals surface area contributed by atoms with E-state index in [9.17, 15) is 4.79 Å². The maximum atomic E-state index is 10.6. The summed E-state index contributed by atoms with van der Waals surface area (Å²) in [5.41, 5.74) is 2.04. The fourth-order valence-corrected chi connectivity index (χ4v) is 2.96. The summed E-state index contributed by atoms with van der Waals surface area (Å²) in [6, 6.07) is 12.4. The average Bonchev–Trinajstić information content (AvgIpc) is 2.93. The van der Waals surface area contributed by atoms with E-state index in [4.69, 9.17) is 5.11 Å². The molecule has 4 heteroatoms. The fraction of sp³-hybridized carbons (Fsp3) is 0.312. The lowest BCUT2D eigenvalue weighted by atomic mass is 10.1. The van der Waals surface area contributed by atoms with Crippen molar-refractivity contribution in [3.63, 3.8) is 0 Å². The number of rotatable bonds is 6. The molecule has 0 saturated heterocycles. The first kappa shape index (κ1) is 14.8. The third kappa shape index (κ3) is 3.92. The van der Waals surface area contributed by atoms with Crippen LogP contribution in [0.15, 0.2) is 41.8 Å². The quantitative estimate of drug-likeness (QED) is 0.884. The molecule has 0 aliphatic carbocycles. The molecule has 0 bridgehead atoms. The third-order valence-electron chi connectivity index (χ3n) is 3.43. The number of thiophene rings is 1. The largest absolute Gasteiger partial charge is 0.481 e. The van der Waals surface area contributed by atoms with Gasteiger partial charge in [-0.05, 0) is 36.5 Å². The van der Waals surface area contributed by atoms with Gasteiger partial charge >= 0.3 is 5.97 Å². The standard InChI is InChI=1S/C16H19NO2S/c1-12(15-4-3-9-20-15)17(2)11-14-7-5-13(6-8-14)10-16(18)19/h3-9,12H,10-11H2,1-2H3,(H,18,19). The van der Waals surface area contributed by atoms with Crippen molar-refractivity contribution in [2.24, 2.45) is 0 Å². The van der Waals surface area contributed by atoms with Crippen LogP contribution in [0.3, 0.4) is 0 Å². The van der Waals surface area contributed by atoms with Crippen molar-refractivity contribution in [3.8, 4) is 0 Å². The first-order valence-corrected chi connectivity index (χ1v) is 7.47. The molecule has 1 heterocycles. The molecule has 0 aliphatic heterocycles. The average molecular weight is 289 g/mol. The molecular weight excluding hydrogens is 270 g/mol. The van der Waals surface area contributed by atoms with E-state index in [2.05, 4.69) is 36.4 Å². The first-order valence-electron chi connectivity index (χ1n) is 6.59. The zero-order valence-corrected chi connectivity index (χ0v) is 12.6. The van der Waals surface area contributed by atoms with E-state index in [1.165, 1.54) is 10.4 Å².